The molecule has 1 aliphatic heterocycles. The van der Waals surface area contributed by atoms with Gasteiger partial charge >= 0.3 is 6.18 Å². The van der Waals surface area contributed by atoms with E-state index in [0.717, 1.165) is 44.1 Å². The van der Waals surface area contributed by atoms with Crippen molar-refractivity contribution in [3.63, 3.8) is 0 Å². The van der Waals surface area contributed by atoms with Crippen molar-refractivity contribution in [1.82, 2.24) is 4.90 Å². The second kappa shape index (κ2) is 8.88. The maximum Gasteiger partial charge on any atom is 0.416 e. The second-order valence-corrected chi connectivity index (χ2v) is 7.67. The molecule has 0 saturated carbocycles. The van der Waals surface area contributed by atoms with E-state index in [2.05, 4.69) is 47.4 Å². The average Bonchev–Trinajstić information content (AvgIpc) is 2.78. The predicted octanol–water partition coefficient (Wildman–Crippen LogP) is 6.70. The van der Waals surface area contributed by atoms with Gasteiger partial charge in [-0.15, -0.1) is 0 Å². The molecule has 3 aromatic carbocycles. The van der Waals surface area contributed by atoms with E-state index >= 15 is 0 Å². The van der Waals surface area contributed by atoms with Gasteiger partial charge in [-0.05, 0) is 52.8 Å². The third-order valence-electron chi connectivity index (χ3n) is 5.60. The Bertz CT molecular complexity index is 1020. The van der Waals surface area contributed by atoms with Crippen molar-refractivity contribution in [2.45, 2.75) is 19.0 Å². The lowest BCUT2D eigenvalue weighted by Gasteiger charge is -2.26. The zero-order valence-corrected chi connectivity index (χ0v) is 16.7. The molecule has 1 nitrogen and oxygen atoms in total. The molecule has 4 heteroatoms. The highest BCUT2D eigenvalue weighted by Crippen LogP contribution is 2.32. The largest absolute Gasteiger partial charge is 0.416 e. The highest BCUT2D eigenvalue weighted by molar-refractivity contribution is 5.67. The monoisotopic (exact) mass is 407 g/mol. The fourth-order valence-electron chi connectivity index (χ4n) is 3.90. The molecular formula is C26H24F3N. The Morgan fingerprint density at radius 1 is 0.767 bits per heavy atom. The van der Waals surface area contributed by atoms with Crippen LogP contribution in [0.4, 0.5) is 13.2 Å². The van der Waals surface area contributed by atoms with E-state index in [1.54, 1.807) is 6.07 Å². The molecular weight excluding hydrogens is 383 g/mol. The Hall–Kier alpha value is -2.85. The summed E-state index contributed by atoms with van der Waals surface area (Å²) in [6.45, 7) is 2.56. The highest BCUT2D eigenvalue weighted by Gasteiger charge is 2.30. The second-order valence-electron chi connectivity index (χ2n) is 7.67. The standard InChI is InChI=1S/C26H24F3N/c27-26(28,29)25-11-5-10-24(19-25)22-13-16-30(17-14-22)15-12-20-6-4-9-23(18-20)21-7-2-1-3-8-21/h1-11,13,18-19H,12,14-17H2. The molecule has 1 heterocycles. The number of benzene rings is 3. The summed E-state index contributed by atoms with van der Waals surface area (Å²) in [6, 6.07) is 24.6. The van der Waals surface area contributed by atoms with Gasteiger partial charge in [-0.2, -0.15) is 13.2 Å². The number of hydrogen-bond acceptors (Lipinski definition) is 1. The first-order chi connectivity index (χ1) is 14.5. The molecule has 4 rings (SSSR count). The smallest absolute Gasteiger partial charge is 0.299 e. The lowest BCUT2D eigenvalue weighted by molar-refractivity contribution is -0.137. The fourth-order valence-corrected chi connectivity index (χ4v) is 3.90. The summed E-state index contributed by atoms with van der Waals surface area (Å²) < 4.78 is 38.9. The van der Waals surface area contributed by atoms with Crippen LogP contribution in [0, 0.1) is 0 Å². The van der Waals surface area contributed by atoms with E-state index in [1.165, 1.54) is 28.8 Å². The van der Waals surface area contributed by atoms with E-state index in [4.69, 9.17) is 0 Å². The van der Waals surface area contributed by atoms with Crippen LogP contribution >= 0.6 is 0 Å². The minimum absolute atomic E-state index is 0.582. The Labute approximate surface area is 175 Å². The van der Waals surface area contributed by atoms with Crippen LogP contribution in [0.15, 0.2) is 84.9 Å². The minimum atomic E-state index is -4.30. The Kier molecular flexibility index (Phi) is 6.05. The summed E-state index contributed by atoms with van der Waals surface area (Å²) in [5.74, 6) is 0. The lowest BCUT2D eigenvalue weighted by atomic mass is 9.97. The summed E-state index contributed by atoms with van der Waals surface area (Å²) in [5, 5.41) is 0. The molecule has 154 valence electrons. The van der Waals surface area contributed by atoms with Gasteiger partial charge in [0.2, 0.25) is 0 Å². The van der Waals surface area contributed by atoms with E-state index in [9.17, 15) is 13.2 Å². The zero-order chi connectivity index (χ0) is 21.0. The maximum atomic E-state index is 13.0. The summed E-state index contributed by atoms with van der Waals surface area (Å²) in [4.78, 5) is 2.35. The molecule has 0 unspecified atom stereocenters. The Balaban J connectivity index is 1.37. The first-order valence-corrected chi connectivity index (χ1v) is 10.2. The van der Waals surface area contributed by atoms with E-state index in [1.807, 2.05) is 18.2 Å². The summed E-state index contributed by atoms with van der Waals surface area (Å²) in [5.41, 5.74) is 4.83. The van der Waals surface area contributed by atoms with Gasteiger partial charge in [0.25, 0.3) is 0 Å². The van der Waals surface area contributed by atoms with Crippen molar-refractivity contribution >= 4 is 5.57 Å². The SMILES string of the molecule is FC(F)(F)c1cccc(C2=CCN(CCc3cccc(-c4ccccc4)c3)CC2)c1. The first kappa shape index (κ1) is 20.4. The molecule has 0 aromatic heterocycles. The molecule has 0 aliphatic carbocycles. The molecule has 0 bridgehead atoms. The van der Waals surface area contributed by atoms with Crippen LogP contribution in [0.1, 0.15) is 23.1 Å². The van der Waals surface area contributed by atoms with Gasteiger partial charge in [-0.3, -0.25) is 4.90 Å². The molecule has 0 spiro atoms. The number of nitrogens with zero attached hydrogens (tertiary/aromatic N) is 1. The molecule has 30 heavy (non-hydrogen) atoms. The normalized spacial score (nSPS) is 15.1. The van der Waals surface area contributed by atoms with Gasteiger partial charge in [0, 0.05) is 19.6 Å². The molecule has 0 radical (unpaired) electrons. The lowest BCUT2D eigenvalue weighted by Crippen LogP contribution is -2.30. The topological polar surface area (TPSA) is 3.24 Å². The molecule has 0 amide bonds. The molecule has 3 aromatic rings. The van der Waals surface area contributed by atoms with Gasteiger partial charge in [-0.1, -0.05) is 72.8 Å². The van der Waals surface area contributed by atoms with E-state index in [0.29, 0.717) is 5.56 Å². The fraction of sp³-hybridized carbons (Fsp3) is 0.231. The van der Waals surface area contributed by atoms with Crippen LogP contribution in [-0.4, -0.2) is 24.5 Å². The van der Waals surface area contributed by atoms with Gasteiger partial charge in [-0.25, -0.2) is 0 Å². The van der Waals surface area contributed by atoms with E-state index in [-0.39, 0.29) is 0 Å². The van der Waals surface area contributed by atoms with Crippen LogP contribution in [0.5, 0.6) is 0 Å². The van der Waals surface area contributed by atoms with Gasteiger partial charge in [0.1, 0.15) is 0 Å². The van der Waals surface area contributed by atoms with Crippen molar-refractivity contribution in [3.05, 3.63) is 102 Å². The van der Waals surface area contributed by atoms with Crippen LogP contribution in [0.3, 0.4) is 0 Å². The van der Waals surface area contributed by atoms with Gasteiger partial charge < -0.3 is 0 Å². The number of rotatable bonds is 5. The highest BCUT2D eigenvalue weighted by atomic mass is 19.4. The third-order valence-corrected chi connectivity index (χ3v) is 5.60. The molecule has 0 fully saturated rings. The van der Waals surface area contributed by atoms with Crippen LogP contribution in [-0.2, 0) is 12.6 Å². The van der Waals surface area contributed by atoms with Gasteiger partial charge in [0.05, 0.1) is 5.56 Å². The Morgan fingerprint density at radius 2 is 1.50 bits per heavy atom. The quantitative estimate of drug-likeness (QED) is 0.455. The number of halogens is 3. The zero-order valence-electron chi connectivity index (χ0n) is 16.7. The molecule has 0 N–H and O–H groups in total. The van der Waals surface area contributed by atoms with Crippen molar-refractivity contribution in [2.75, 3.05) is 19.6 Å². The van der Waals surface area contributed by atoms with Crippen molar-refractivity contribution < 1.29 is 13.2 Å². The minimum Gasteiger partial charge on any atom is -0.299 e. The first-order valence-electron chi connectivity index (χ1n) is 10.2. The number of hydrogen-bond donors (Lipinski definition) is 0. The Morgan fingerprint density at radius 3 is 2.23 bits per heavy atom. The number of alkyl halides is 3. The van der Waals surface area contributed by atoms with Crippen molar-refractivity contribution in [2.24, 2.45) is 0 Å². The van der Waals surface area contributed by atoms with Gasteiger partial charge in [0.15, 0.2) is 0 Å². The average molecular weight is 407 g/mol. The molecule has 0 atom stereocenters. The summed E-state index contributed by atoms with van der Waals surface area (Å²) in [7, 11) is 0. The van der Waals surface area contributed by atoms with Crippen LogP contribution in [0.25, 0.3) is 16.7 Å². The maximum absolute atomic E-state index is 13.0. The van der Waals surface area contributed by atoms with Crippen LogP contribution in [0.2, 0.25) is 0 Å². The molecule has 1 aliphatic rings. The van der Waals surface area contributed by atoms with Crippen LogP contribution < -0.4 is 0 Å². The van der Waals surface area contributed by atoms with Crippen molar-refractivity contribution in [1.29, 1.82) is 0 Å². The molecule has 0 saturated heterocycles. The summed E-state index contributed by atoms with van der Waals surface area (Å²) in [6.07, 6.45) is -0.510. The third kappa shape index (κ3) is 5.00. The summed E-state index contributed by atoms with van der Waals surface area (Å²) >= 11 is 0. The van der Waals surface area contributed by atoms with Crippen molar-refractivity contribution in [3.8, 4) is 11.1 Å². The predicted molar refractivity (Wildman–Crippen MR) is 116 cm³/mol. The van der Waals surface area contributed by atoms with E-state index < -0.39 is 11.7 Å².